The molecule has 0 aromatic heterocycles. The average Bonchev–Trinajstić information content (AvgIpc) is 2.45. The van der Waals surface area contributed by atoms with E-state index < -0.39 is 11.7 Å². The van der Waals surface area contributed by atoms with Crippen molar-refractivity contribution in [2.45, 2.75) is 38.7 Å². The highest BCUT2D eigenvalue weighted by molar-refractivity contribution is 5.75. The summed E-state index contributed by atoms with van der Waals surface area (Å²) in [6, 6.07) is 9.59. The van der Waals surface area contributed by atoms with Crippen molar-refractivity contribution in [3.8, 4) is 0 Å². The predicted octanol–water partition coefficient (Wildman–Crippen LogP) is 3.11. The number of hydrogen-bond donors (Lipinski definition) is 1. The Hall–Kier alpha value is -2.04. The molecule has 1 aliphatic heterocycles. The van der Waals surface area contributed by atoms with E-state index >= 15 is 0 Å². The van der Waals surface area contributed by atoms with Gasteiger partial charge in [0.1, 0.15) is 5.60 Å². The highest BCUT2D eigenvalue weighted by atomic mass is 16.6. The molecule has 2 atom stereocenters. The molecule has 1 aliphatic rings. The van der Waals surface area contributed by atoms with Crippen molar-refractivity contribution in [3.63, 3.8) is 0 Å². The number of carbonyl (C=O) groups excluding carboxylic acids is 1. The van der Waals surface area contributed by atoms with Crippen LogP contribution in [-0.4, -0.2) is 40.8 Å². The number of nitrogens with zero attached hydrogens (tertiary/aromatic N) is 1. The van der Waals surface area contributed by atoms with Crippen molar-refractivity contribution in [1.29, 1.82) is 0 Å². The van der Waals surface area contributed by atoms with Crippen LogP contribution in [0, 0.1) is 5.92 Å². The summed E-state index contributed by atoms with van der Waals surface area (Å²) in [5, 5.41) is 9.22. The number of carbonyl (C=O) groups is 2. The van der Waals surface area contributed by atoms with Crippen LogP contribution in [0.5, 0.6) is 0 Å². The van der Waals surface area contributed by atoms with Crippen molar-refractivity contribution in [2.75, 3.05) is 13.1 Å². The van der Waals surface area contributed by atoms with E-state index in [-0.39, 0.29) is 17.8 Å². The molecule has 1 heterocycles. The molecule has 120 valence electrons. The van der Waals surface area contributed by atoms with Gasteiger partial charge in [-0.05, 0) is 32.8 Å². The Balaban J connectivity index is 2.23. The molecular weight excluding hydrogens is 282 g/mol. The van der Waals surface area contributed by atoms with Crippen LogP contribution in [0.1, 0.15) is 38.7 Å². The molecule has 1 aromatic rings. The fourth-order valence-corrected chi connectivity index (χ4v) is 2.82. The normalized spacial score (nSPS) is 22.2. The number of ether oxygens (including phenoxy) is 1. The molecule has 22 heavy (non-hydrogen) atoms. The summed E-state index contributed by atoms with van der Waals surface area (Å²) in [6.45, 7) is 6.21. The second-order valence-electron chi connectivity index (χ2n) is 6.67. The highest BCUT2D eigenvalue weighted by Crippen LogP contribution is 2.34. The highest BCUT2D eigenvalue weighted by Gasteiger charge is 2.38. The van der Waals surface area contributed by atoms with Crippen LogP contribution in [0.2, 0.25) is 0 Å². The molecule has 0 saturated carbocycles. The fraction of sp³-hybridized carbons (Fsp3) is 0.529. The van der Waals surface area contributed by atoms with Crippen molar-refractivity contribution in [3.05, 3.63) is 35.9 Å². The minimum absolute atomic E-state index is 0.166. The van der Waals surface area contributed by atoms with Crippen molar-refractivity contribution in [2.24, 2.45) is 5.92 Å². The lowest BCUT2D eigenvalue weighted by molar-refractivity contribution is -0.162. The quantitative estimate of drug-likeness (QED) is 0.853. The molecule has 2 rings (SSSR count). The van der Waals surface area contributed by atoms with Gasteiger partial charge in [0.2, 0.25) is 0 Å². The number of esters is 1. The van der Waals surface area contributed by atoms with Gasteiger partial charge in [-0.15, -0.1) is 0 Å². The Morgan fingerprint density at radius 1 is 1.23 bits per heavy atom. The van der Waals surface area contributed by atoms with E-state index in [1.165, 1.54) is 4.90 Å². The predicted molar refractivity (Wildman–Crippen MR) is 82.7 cm³/mol. The number of likely N-dealkylation sites (tertiary alicyclic amines) is 1. The number of rotatable bonds is 2. The Bertz CT molecular complexity index is 535. The van der Waals surface area contributed by atoms with Crippen LogP contribution >= 0.6 is 0 Å². The van der Waals surface area contributed by atoms with Crippen LogP contribution in [0.4, 0.5) is 4.79 Å². The van der Waals surface area contributed by atoms with Crippen molar-refractivity contribution in [1.82, 2.24) is 4.90 Å². The first kappa shape index (κ1) is 16.3. The van der Waals surface area contributed by atoms with E-state index in [4.69, 9.17) is 4.74 Å². The Kier molecular flexibility index (Phi) is 4.74. The number of amides is 1. The molecular formula is C17H23NO4. The first-order chi connectivity index (χ1) is 10.3. The first-order valence-corrected chi connectivity index (χ1v) is 7.53. The first-order valence-electron chi connectivity index (χ1n) is 7.53. The summed E-state index contributed by atoms with van der Waals surface area (Å²) in [5.41, 5.74) is 0.437. The van der Waals surface area contributed by atoms with Gasteiger partial charge in [-0.25, -0.2) is 4.79 Å². The van der Waals surface area contributed by atoms with Gasteiger partial charge in [0.25, 0.3) is 0 Å². The Morgan fingerprint density at radius 2 is 1.86 bits per heavy atom. The second-order valence-corrected chi connectivity index (χ2v) is 6.67. The summed E-state index contributed by atoms with van der Waals surface area (Å²) in [7, 11) is 0. The van der Waals surface area contributed by atoms with Gasteiger partial charge in [-0.3, -0.25) is 4.79 Å². The van der Waals surface area contributed by atoms with Gasteiger partial charge in [-0.2, -0.15) is 0 Å². The van der Waals surface area contributed by atoms with Gasteiger partial charge in [-0.1, -0.05) is 30.3 Å². The van der Waals surface area contributed by atoms with Gasteiger partial charge < -0.3 is 14.7 Å². The molecule has 1 saturated heterocycles. The van der Waals surface area contributed by atoms with Crippen LogP contribution in [-0.2, 0) is 9.53 Å². The van der Waals surface area contributed by atoms with Gasteiger partial charge in [0, 0.05) is 19.0 Å². The maximum atomic E-state index is 12.5. The molecule has 5 heteroatoms. The van der Waals surface area contributed by atoms with Crippen LogP contribution in [0.3, 0.4) is 0 Å². The minimum atomic E-state index is -0.941. The van der Waals surface area contributed by atoms with E-state index in [9.17, 15) is 14.7 Å². The molecule has 0 aliphatic carbocycles. The molecule has 0 spiro atoms. The third-order valence-corrected chi connectivity index (χ3v) is 3.82. The fourth-order valence-electron chi connectivity index (χ4n) is 2.82. The summed E-state index contributed by atoms with van der Waals surface area (Å²) in [5.74, 6) is -0.718. The minimum Gasteiger partial charge on any atom is -0.465 e. The molecule has 1 N–H and O–H groups in total. The third kappa shape index (κ3) is 4.00. The number of benzene rings is 1. The molecule has 5 nitrogen and oxygen atoms in total. The monoisotopic (exact) mass is 305 g/mol. The zero-order valence-corrected chi connectivity index (χ0v) is 13.3. The second kappa shape index (κ2) is 6.38. The summed E-state index contributed by atoms with van der Waals surface area (Å²) >= 11 is 0. The molecule has 1 amide bonds. The topological polar surface area (TPSA) is 66.8 Å². The zero-order valence-electron chi connectivity index (χ0n) is 13.3. The van der Waals surface area contributed by atoms with Crippen LogP contribution in [0.25, 0.3) is 0 Å². The van der Waals surface area contributed by atoms with E-state index in [1.807, 2.05) is 51.1 Å². The Morgan fingerprint density at radius 3 is 2.41 bits per heavy atom. The number of hydrogen-bond acceptors (Lipinski definition) is 3. The number of carboxylic acid groups (broad SMARTS) is 1. The number of piperidine rings is 1. The largest absolute Gasteiger partial charge is 0.465 e. The zero-order chi connectivity index (χ0) is 16.3. The van der Waals surface area contributed by atoms with Crippen LogP contribution in [0.15, 0.2) is 30.3 Å². The maximum Gasteiger partial charge on any atom is 0.407 e. The Labute approximate surface area is 130 Å². The van der Waals surface area contributed by atoms with E-state index in [2.05, 4.69) is 0 Å². The van der Waals surface area contributed by atoms with Crippen LogP contribution < -0.4 is 0 Å². The lowest BCUT2D eigenvalue weighted by Crippen LogP contribution is -2.45. The third-order valence-electron chi connectivity index (χ3n) is 3.82. The lowest BCUT2D eigenvalue weighted by atomic mass is 9.80. The van der Waals surface area contributed by atoms with Gasteiger partial charge in [0.15, 0.2) is 0 Å². The van der Waals surface area contributed by atoms with E-state index in [0.29, 0.717) is 19.5 Å². The molecule has 1 fully saturated rings. The van der Waals surface area contributed by atoms with E-state index in [1.54, 1.807) is 0 Å². The molecule has 1 aromatic carbocycles. The van der Waals surface area contributed by atoms with Crippen molar-refractivity contribution < 1.29 is 19.4 Å². The molecule has 2 unspecified atom stereocenters. The summed E-state index contributed by atoms with van der Waals surface area (Å²) < 4.78 is 5.52. The summed E-state index contributed by atoms with van der Waals surface area (Å²) in [4.78, 5) is 25.1. The lowest BCUT2D eigenvalue weighted by Gasteiger charge is -2.37. The van der Waals surface area contributed by atoms with Gasteiger partial charge in [0.05, 0.1) is 5.92 Å². The van der Waals surface area contributed by atoms with Gasteiger partial charge >= 0.3 is 12.1 Å². The average molecular weight is 305 g/mol. The molecule has 0 radical (unpaired) electrons. The molecule has 0 bridgehead atoms. The summed E-state index contributed by atoms with van der Waals surface area (Å²) in [6.07, 6.45) is -0.454. The SMILES string of the molecule is CC(C)(C)OC(=O)C1CCN(C(=O)O)CC1c1ccccc1. The van der Waals surface area contributed by atoms with E-state index in [0.717, 1.165) is 5.56 Å². The standard InChI is InChI=1S/C17H23NO4/c1-17(2,3)22-15(19)13-9-10-18(16(20)21)11-14(13)12-7-5-4-6-8-12/h4-8,13-14H,9-11H2,1-3H3,(H,20,21). The maximum absolute atomic E-state index is 12.5. The van der Waals surface area contributed by atoms with Crippen molar-refractivity contribution >= 4 is 12.1 Å². The smallest absolute Gasteiger partial charge is 0.407 e.